The number of nitrogens with one attached hydrogen (secondary N) is 1. The molecule has 2 aromatic rings. The molecule has 0 aliphatic carbocycles. The Morgan fingerprint density at radius 3 is 2.92 bits per heavy atom. The molecule has 0 unspecified atom stereocenters. The van der Waals surface area contributed by atoms with Crippen molar-refractivity contribution < 1.29 is 14.3 Å². The Morgan fingerprint density at radius 2 is 2.25 bits per heavy atom. The zero-order valence-corrected chi connectivity index (χ0v) is 14.1. The van der Waals surface area contributed by atoms with E-state index in [2.05, 4.69) is 5.32 Å². The van der Waals surface area contributed by atoms with Gasteiger partial charge in [0.25, 0.3) is 0 Å². The van der Waals surface area contributed by atoms with Crippen LogP contribution >= 0.6 is 11.3 Å². The third-order valence-electron chi connectivity index (χ3n) is 3.78. The van der Waals surface area contributed by atoms with Crippen LogP contribution in [0.1, 0.15) is 18.4 Å². The average Bonchev–Trinajstić information content (AvgIpc) is 3.24. The molecule has 2 amide bonds. The monoisotopic (exact) mass is 342 g/mol. The van der Waals surface area contributed by atoms with Crippen molar-refractivity contribution in [3.05, 3.63) is 46.7 Å². The molecule has 1 fully saturated rings. The third-order valence-corrected chi connectivity index (χ3v) is 4.48. The van der Waals surface area contributed by atoms with Gasteiger partial charge in [-0.05, 0) is 47.0 Å². The van der Waals surface area contributed by atoms with Crippen molar-refractivity contribution in [2.45, 2.75) is 12.8 Å². The molecule has 1 aliphatic heterocycles. The highest BCUT2D eigenvalue weighted by Crippen LogP contribution is 2.33. The molecule has 2 heterocycles. The summed E-state index contributed by atoms with van der Waals surface area (Å²) in [5.74, 6) is 0.460. The van der Waals surface area contributed by atoms with Crippen molar-refractivity contribution >= 4 is 40.6 Å². The van der Waals surface area contributed by atoms with Crippen LogP contribution < -0.4 is 15.0 Å². The summed E-state index contributed by atoms with van der Waals surface area (Å²) in [5.41, 5.74) is 2.37. The molecule has 0 atom stereocenters. The van der Waals surface area contributed by atoms with E-state index in [-0.39, 0.29) is 11.8 Å². The molecular formula is C18H18N2O3S. The van der Waals surface area contributed by atoms with Crippen LogP contribution in [-0.2, 0) is 9.59 Å². The molecule has 1 saturated heterocycles. The van der Waals surface area contributed by atoms with Gasteiger partial charge in [-0.1, -0.05) is 0 Å². The topological polar surface area (TPSA) is 58.6 Å². The summed E-state index contributed by atoms with van der Waals surface area (Å²) in [7, 11) is 1.56. The van der Waals surface area contributed by atoms with Gasteiger partial charge < -0.3 is 15.0 Å². The highest BCUT2D eigenvalue weighted by molar-refractivity contribution is 7.08. The second-order valence-corrected chi connectivity index (χ2v) is 6.19. The highest BCUT2D eigenvalue weighted by atomic mass is 32.1. The maximum absolute atomic E-state index is 12.0. The molecule has 0 bridgehead atoms. The first kappa shape index (κ1) is 16.3. The van der Waals surface area contributed by atoms with E-state index < -0.39 is 0 Å². The fourth-order valence-corrected chi connectivity index (χ4v) is 3.24. The summed E-state index contributed by atoms with van der Waals surface area (Å²) in [6, 6.07) is 7.26. The number of methoxy groups -OCH3 is 1. The van der Waals surface area contributed by atoms with Crippen molar-refractivity contribution in [2.24, 2.45) is 0 Å². The van der Waals surface area contributed by atoms with Crippen LogP contribution in [0.3, 0.4) is 0 Å². The van der Waals surface area contributed by atoms with Crippen LogP contribution in [0.25, 0.3) is 6.08 Å². The van der Waals surface area contributed by atoms with Crippen LogP contribution in [0.15, 0.2) is 41.1 Å². The summed E-state index contributed by atoms with van der Waals surface area (Å²) in [6.07, 6.45) is 4.68. The Morgan fingerprint density at radius 1 is 1.38 bits per heavy atom. The Kier molecular flexibility index (Phi) is 4.96. The van der Waals surface area contributed by atoms with E-state index in [1.165, 1.54) is 6.08 Å². The van der Waals surface area contributed by atoms with Crippen molar-refractivity contribution in [1.29, 1.82) is 0 Å². The molecule has 3 rings (SSSR count). The number of carbonyl (C=O) groups is 2. The summed E-state index contributed by atoms with van der Waals surface area (Å²) < 4.78 is 5.39. The summed E-state index contributed by atoms with van der Waals surface area (Å²) in [5, 5.41) is 6.73. The van der Waals surface area contributed by atoms with E-state index in [4.69, 9.17) is 4.74 Å². The van der Waals surface area contributed by atoms with Gasteiger partial charge >= 0.3 is 0 Å². The molecule has 0 spiro atoms. The highest BCUT2D eigenvalue weighted by Gasteiger charge is 2.24. The zero-order valence-electron chi connectivity index (χ0n) is 13.3. The number of hydrogen-bond donors (Lipinski definition) is 1. The number of nitrogens with zero attached hydrogens (tertiary/aromatic N) is 1. The van der Waals surface area contributed by atoms with Gasteiger partial charge in [-0.3, -0.25) is 9.59 Å². The lowest BCUT2D eigenvalue weighted by Crippen LogP contribution is -2.24. The van der Waals surface area contributed by atoms with E-state index in [1.54, 1.807) is 47.6 Å². The largest absolute Gasteiger partial charge is 0.494 e. The predicted molar refractivity (Wildman–Crippen MR) is 96.6 cm³/mol. The van der Waals surface area contributed by atoms with Crippen molar-refractivity contribution in [2.75, 3.05) is 23.9 Å². The predicted octanol–water partition coefficient (Wildman–Crippen LogP) is 3.54. The molecule has 124 valence electrons. The molecule has 1 aliphatic rings. The van der Waals surface area contributed by atoms with E-state index >= 15 is 0 Å². The van der Waals surface area contributed by atoms with Gasteiger partial charge in [-0.15, -0.1) is 0 Å². The lowest BCUT2D eigenvalue weighted by atomic mass is 10.2. The van der Waals surface area contributed by atoms with Crippen LogP contribution in [0.4, 0.5) is 11.4 Å². The Labute approximate surface area is 144 Å². The molecule has 0 saturated carbocycles. The number of ether oxygens (including phenoxy) is 1. The first-order valence-electron chi connectivity index (χ1n) is 7.67. The third kappa shape index (κ3) is 3.65. The van der Waals surface area contributed by atoms with Crippen LogP contribution in [0.2, 0.25) is 0 Å². The van der Waals surface area contributed by atoms with E-state index in [0.717, 1.165) is 17.7 Å². The molecule has 0 radical (unpaired) electrons. The zero-order chi connectivity index (χ0) is 16.9. The molecular weight excluding hydrogens is 324 g/mol. The van der Waals surface area contributed by atoms with E-state index in [9.17, 15) is 9.59 Å². The van der Waals surface area contributed by atoms with Gasteiger partial charge in [-0.25, -0.2) is 0 Å². The smallest absolute Gasteiger partial charge is 0.248 e. The van der Waals surface area contributed by atoms with E-state index in [0.29, 0.717) is 24.4 Å². The average molecular weight is 342 g/mol. The lowest BCUT2D eigenvalue weighted by molar-refractivity contribution is -0.117. The van der Waals surface area contributed by atoms with Crippen molar-refractivity contribution in [3.63, 3.8) is 0 Å². The lowest BCUT2D eigenvalue weighted by Gasteiger charge is -2.19. The van der Waals surface area contributed by atoms with Gasteiger partial charge in [0.1, 0.15) is 5.75 Å². The number of benzene rings is 1. The minimum atomic E-state index is -0.215. The quantitative estimate of drug-likeness (QED) is 0.846. The first-order chi connectivity index (χ1) is 11.7. The van der Waals surface area contributed by atoms with Gasteiger partial charge in [0.15, 0.2) is 0 Å². The maximum Gasteiger partial charge on any atom is 0.248 e. The van der Waals surface area contributed by atoms with E-state index in [1.807, 2.05) is 16.8 Å². The number of hydrogen-bond acceptors (Lipinski definition) is 4. The van der Waals surface area contributed by atoms with Gasteiger partial charge in [-0.2, -0.15) is 11.3 Å². The second-order valence-electron chi connectivity index (χ2n) is 5.41. The number of anilines is 2. The van der Waals surface area contributed by atoms with Gasteiger partial charge in [0, 0.05) is 30.8 Å². The van der Waals surface area contributed by atoms with Crippen LogP contribution in [0, 0.1) is 0 Å². The maximum atomic E-state index is 12.0. The molecule has 1 N–H and O–H groups in total. The van der Waals surface area contributed by atoms with Crippen LogP contribution in [-0.4, -0.2) is 25.5 Å². The molecule has 6 heteroatoms. The summed E-state index contributed by atoms with van der Waals surface area (Å²) >= 11 is 1.58. The van der Waals surface area contributed by atoms with Crippen molar-refractivity contribution in [1.82, 2.24) is 0 Å². The Bertz CT molecular complexity index is 769. The standard InChI is InChI=1S/C18H18N2O3S/c1-23-16-11-14(5-6-15(16)20-9-2-3-18(20)22)19-17(21)7-4-13-8-10-24-12-13/h4-8,10-12H,2-3,9H2,1H3,(H,19,21)/b7-4+. The SMILES string of the molecule is COc1cc(NC(=O)/C=C/c2ccsc2)ccc1N1CCCC1=O. The number of amides is 2. The molecule has 5 nitrogen and oxygen atoms in total. The Hall–Kier alpha value is -2.60. The van der Waals surface area contributed by atoms with Crippen molar-refractivity contribution in [3.8, 4) is 5.75 Å². The second kappa shape index (κ2) is 7.31. The fourth-order valence-electron chi connectivity index (χ4n) is 2.61. The normalized spacial score (nSPS) is 14.4. The molecule has 1 aromatic heterocycles. The Balaban J connectivity index is 1.72. The fraction of sp³-hybridized carbons (Fsp3) is 0.222. The first-order valence-corrected chi connectivity index (χ1v) is 8.61. The minimum absolute atomic E-state index is 0.101. The summed E-state index contributed by atoms with van der Waals surface area (Å²) in [6.45, 7) is 0.699. The van der Waals surface area contributed by atoms with Crippen LogP contribution in [0.5, 0.6) is 5.75 Å². The minimum Gasteiger partial charge on any atom is -0.494 e. The number of carbonyl (C=O) groups excluding carboxylic acids is 2. The van der Waals surface area contributed by atoms with Gasteiger partial charge in [0.2, 0.25) is 11.8 Å². The summed E-state index contributed by atoms with van der Waals surface area (Å²) in [4.78, 5) is 25.6. The number of thiophene rings is 1. The molecule has 1 aromatic carbocycles. The van der Waals surface area contributed by atoms with Gasteiger partial charge in [0.05, 0.1) is 12.8 Å². The molecule has 24 heavy (non-hydrogen) atoms. The number of rotatable bonds is 5.